The number of carbonyl (C=O) groups excluding carboxylic acids is 4. The molecule has 33 heavy (non-hydrogen) atoms. The number of hydrogen-bond acceptors (Lipinski definition) is 5. The number of benzene rings is 3. The van der Waals surface area contributed by atoms with Gasteiger partial charge in [-0.2, -0.15) is 0 Å². The Balaban J connectivity index is 1.48. The predicted octanol–water partition coefficient (Wildman–Crippen LogP) is 4.55. The number of carbonyl (C=O) groups is 4. The maximum atomic E-state index is 13.0. The highest BCUT2D eigenvalue weighted by Gasteiger charge is 2.38. The van der Waals surface area contributed by atoms with Gasteiger partial charge in [0.15, 0.2) is 6.61 Å². The Bertz CT molecular complexity index is 1320. The van der Waals surface area contributed by atoms with E-state index in [1.807, 2.05) is 26.0 Å². The third kappa shape index (κ3) is 4.36. The lowest BCUT2D eigenvalue weighted by Crippen LogP contribution is -2.30. The molecule has 4 rings (SSSR count). The molecular formula is C25H19ClN2O5. The number of fused-ring (bicyclic) bond motifs is 1. The second-order valence-electron chi connectivity index (χ2n) is 7.60. The van der Waals surface area contributed by atoms with Crippen LogP contribution in [0.4, 0.5) is 11.4 Å². The number of halogens is 1. The van der Waals surface area contributed by atoms with Gasteiger partial charge in [0, 0.05) is 0 Å². The van der Waals surface area contributed by atoms with E-state index in [0.29, 0.717) is 16.4 Å². The van der Waals surface area contributed by atoms with E-state index in [-0.39, 0.29) is 16.7 Å². The van der Waals surface area contributed by atoms with Crippen LogP contribution in [-0.4, -0.2) is 30.3 Å². The van der Waals surface area contributed by atoms with Gasteiger partial charge >= 0.3 is 5.97 Å². The first-order chi connectivity index (χ1) is 15.8. The second kappa shape index (κ2) is 8.88. The Hall–Kier alpha value is -3.97. The van der Waals surface area contributed by atoms with Crippen molar-refractivity contribution >= 4 is 46.7 Å². The van der Waals surface area contributed by atoms with Crippen LogP contribution in [0.1, 0.15) is 42.2 Å². The normalized spacial score (nSPS) is 12.5. The monoisotopic (exact) mass is 462 g/mol. The number of amides is 3. The van der Waals surface area contributed by atoms with Gasteiger partial charge in [-0.15, -0.1) is 0 Å². The number of rotatable bonds is 5. The van der Waals surface area contributed by atoms with Gasteiger partial charge in [-0.3, -0.25) is 14.4 Å². The fraction of sp³-hybridized carbons (Fsp3) is 0.120. The van der Waals surface area contributed by atoms with Crippen LogP contribution < -0.4 is 10.2 Å². The van der Waals surface area contributed by atoms with E-state index in [9.17, 15) is 19.2 Å². The van der Waals surface area contributed by atoms with Gasteiger partial charge in [-0.1, -0.05) is 35.9 Å². The lowest BCUT2D eigenvalue weighted by Gasteiger charge is -2.17. The van der Waals surface area contributed by atoms with E-state index in [1.165, 1.54) is 18.2 Å². The molecule has 1 aliphatic rings. The number of hydrogen-bond donors (Lipinski definition) is 1. The van der Waals surface area contributed by atoms with Crippen LogP contribution in [0.3, 0.4) is 0 Å². The van der Waals surface area contributed by atoms with E-state index < -0.39 is 30.3 Å². The van der Waals surface area contributed by atoms with Crippen molar-refractivity contribution in [1.29, 1.82) is 0 Å². The van der Waals surface area contributed by atoms with Crippen LogP contribution in [0.15, 0.2) is 60.7 Å². The quantitative estimate of drug-likeness (QED) is 0.443. The largest absolute Gasteiger partial charge is 0.452 e. The number of para-hydroxylation sites is 1. The van der Waals surface area contributed by atoms with E-state index >= 15 is 0 Å². The summed E-state index contributed by atoms with van der Waals surface area (Å²) in [6.07, 6.45) is 0. The minimum absolute atomic E-state index is 0.0586. The molecule has 0 aliphatic carbocycles. The predicted molar refractivity (Wildman–Crippen MR) is 124 cm³/mol. The molecule has 0 fully saturated rings. The summed E-state index contributed by atoms with van der Waals surface area (Å²) in [5, 5.41) is 2.91. The molecule has 166 valence electrons. The highest BCUT2D eigenvalue weighted by atomic mass is 35.5. The van der Waals surface area contributed by atoms with Crippen molar-refractivity contribution in [3.63, 3.8) is 0 Å². The van der Waals surface area contributed by atoms with Crippen molar-refractivity contribution in [2.75, 3.05) is 16.8 Å². The zero-order valence-corrected chi connectivity index (χ0v) is 18.6. The van der Waals surface area contributed by atoms with Crippen molar-refractivity contribution in [2.24, 2.45) is 0 Å². The molecule has 0 atom stereocenters. The second-order valence-corrected chi connectivity index (χ2v) is 8.01. The molecule has 1 aliphatic heterocycles. The molecule has 0 unspecified atom stereocenters. The van der Waals surface area contributed by atoms with Crippen LogP contribution in [-0.2, 0) is 9.53 Å². The topological polar surface area (TPSA) is 92.8 Å². The summed E-state index contributed by atoms with van der Waals surface area (Å²) in [6, 6.07) is 16.3. The van der Waals surface area contributed by atoms with Crippen molar-refractivity contribution in [1.82, 2.24) is 0 Å². The minimum atomic E-state index is -0.794. The first-order valence-electron chi connectivity index (χ1n) is 10.1. The molecular weight excluding hydrogens is 444 g/mol. The minimum Gasteiger partial charge on any atom is -0.452 e. The summed E-state index contributed by atoms with van der Waals surface area (Å²) < 4.78 is 5.07. The third-order valence-electron chi connectivity index (χ3n) is 5.21. The molecule has 7 nitrogen and oxygen atoms in total. The average molecular weight is 463 g/mol. The van der Waals surface area contributed by atoms with Crippen molar-refractivity contribution in [2.45, 2.75) is 13.8 Å². The molecule has 3 aromatic carbocycles. The Morgan fingerprint density at radius 3 is 2.42 bits per heavy atom. The SMILES string of the molecule is Cc1ccc(C)c(N2C(=O)c3ccc(C(=O)OCC(=O)Nc4ccccc4Cl)cc3C2=O)c1. The van der Waals surface area contributed by atoms with Crippen LogP contribution >= 0.6 is 11.6 Å². The van der Waals surface area contributed by atoms with Crippen LogP contribution in [0.2, 0.25) is 5.02 Å². The van der Waals surface area contributed by atoms with Gasteiger partial charge in [0.05, 0.1) is 33.1 Å². The van der Waals surface area contributed by atoms with Crippen LogP contribution in [0.5, 0.6) is 0 Å². The van der Waals surface area contributed by atoms with E-state index in [1.54, 1.807) is 30.3 Å². The number of aryl methyl sites for hydroxylation is 2. The lowest BCUT2D eigenvalue weighted by molar-refractivity contribution is -0.119. The first kappa shape index (κ1) is 22.2. The summed E-state index contributed by atoms with van der Waals surface area (Å²) >= 11 is 5.99. The zero-order valence-electron chi connectivity index (χ0n) is 17.8. The molecule has 3 aromatic rings. The summed E-state index contributed by atoms with van der Waals surface area (Å²) in [5.74, 6) is -2.33. The molecule has 1 heterocycles. The van der Waals surface area contributed by atoms with Gasteiger partial charge in [-0.25, -0.2) is 9.69 Å². The Morgan fingerprint density at radius 1 is 0.939 bits per heavy atom. The van der Waals surface area contributed by atoms with Gasteiger partial charge < -0.3 is 10.1 Å². The molecule has 0 saturated carbocycles. The van der Waals surface area contributed by atoms with Gasteiger partial charge in [0.25, 0.3) is 17.7 Å². The standard InChI is InChI=1S/C25H19ClN2O5/c1-14-7-8-15(2)21(11-14)28-23(30)17-10-9-16(12-18(17)24(28)31)25(32)33-13-22(29)27-20-6-4-3-5-19(20)26/h3-12H,13H2,1-2H3,(H,27,29). The molecule has 0 saturated heterocycles. The zero-order chi connectivity index (χ0) is 23.7. The lowest BCUT2D eigenvalue weighted by atomic mass is 10.1. The number of esters is 1. The first-order valence-corrected chi connectivity index (χ1v) is 10.5. The Kier molecular flexibility index (Phi) is 5.98. The smallest absolute Gasteiger partial charge is 0.338 e. The highest BCUT2D eigenvalue weighted by molar-refractivity contribution is 6.35. The van der Waals surface area contributed by atoms with Gasteiger partial charge in [0.1, 0.15) is 0 Å². The molecule has 3 amide bonds. The van der Waals surface area contributed by atoms with Gasteiger partial charge in [-0.05, 0) is 61.4 Å². The van der Waals surface area contributed by atoms with Crippen molar-refractivity contribution in [3.05, 3.63) is 93.5 Å². The fourth-order valence-corrected chi connectivity index (χ4v) is 3.69. The molecule has 1 N–H and O–H groups in total. The number of imide groups is 1. The summed E-state index contributed by atoms with van der Waals surface area (Å²) in [6.45, 7) is 3.15. The average Bonchev–Trinajstić information content (AvgIpc) is 3.05. The molecule has 8 heteroatoms. The summed E-state index contributed by atoms with van der Waals surface area (Å²) in [4.78, 5) is 51.6. The molecule has 0 spiro atoms. The Morgan fingerprint density at radius 2 is 1.67 bits per heavy atom. The van der Waals surface area contributed by atoms with Crippen LogP contribution in [0, 0.1) is 13.8 Å². The maximum Gasteiger partial charge on any atom is 0.338 e. The van der Waals surface area contributed by atoms with E-state index in [0.717, 1.165) is 16.0 Å². The number of anilines is 2. The molecule has 0 radical (unpaired) electrons. The summed E-state index contributed by atoms with van der Waals surface area (Å²) in [5.41, 5.74) is 2.95. The van der Waals surface area contributed by atoms with Gasteiger partial charge in [0.2, 0.25) is 0 Å². The van der Waals surface area contributed by atoms with Crippen LogP contribution in [0.25, 0.3) is 0 Å². The summed E-state index contributed by atoms with van der Waals surface area (Å²) in [7, 11) is 0. The van der Waals surface area contributed by atoms with Crippen molar-refractivity contribution < 1.29 is 23.9 Å². The van der Waals surface area contributed by atoms with Crippen molar-refractivity contribution in [3.8, 4) is 0 Å². The number of ether oxygens (including phenoxy) is 1. The molecule has 0 bridgehead atoms. The third-order valence-corrected chi connectivity index (χ3v) is 5.54. The van der Waals surface area contributed by atoms with E-state index in [4.69, 9.17) is 16.3 Å². The number of nitrogens with one attached hydrogen (secondary N) is 1. The fourth-order valence-electron chi connectivity index (χ4n) is 3.51. The maximum absolute atomic E-state index is 13.0. The highest BCUT2D eigenvalue weighted by Crippen LogP contribution is 2.32. The molecule has 0 aromatic heterocycles. The van der Waals surface area contributed by atoms with E-state index in [2.05, 4.69) is 5.32 Å². The number of nitrogens with zero attached hydrogens (tertiary/aromatic N) is 1. The Labute approximate surface area is 194 Å².